The Bertz CT molecular complexity index is 322. The van der Waals surface area contributed by atoms with Gasteiger partial charge < -0.3 is 5.73 Å². The van der Waals surface area contributed by atoms with Crippen LogP contribution >= 0.6 is 11.6 Å². The number of nitrogens with two attached hydrogens (primary N) is 1. The lowest BCUT2D eigenvalue weighted by Gasteiger charge is -2.26. The van der Waals surface area contributed by atoms with Crippen LogP contribution in [0.4, 0.5) is 0 Å². The highest BCUT2D eigenvalue weighted by Gasteiger charge is 2.21. The van der Waals surface area contributed by atoms with E-state index in [0.717, 1.165) is 18.0 Å². The first-order chi connectivity index (χ1) is 6.83. The second-order valence-corrected chi connectivity index (χ2v) is 4.39. The van der Waals surface area contributed by atoms with Crippen molar-refractivity contribution < 1.29 is 0 Å². The lowest BCUT2D eigenvalue weighted by Crippen LogP contribution is -2.14. The average molecular weight is 210 g/mol. The normalized spacial score (nSPS) is 20.6. The predicted octanol–water partition coefficient (Wildman–Crippen LogP) is 3.11. The summed E-state index contributed by atoms with van der Waals surface area (Å²) >= 11 is 6.23. The molecule has 1 unspecified atom stereocenters. The van der Waals surface area contributed by atoms with Crippen molar-refractivity contribution in [1.82, 2.24) is 0 Å². The average Bonchev–Trinajstić information content (AvgIpc) is 2.19. The van der Waals surface area contributed by atoms with Crippen LogP contribution in [0.15, 0.2) is 18.2 Å². The minimum Gasteiger partial charge on any atom is -0.330 e. The molecule has 0 heterocycles. The van der Waals surface area contributed by atoms with Gasteiger partial charge in [-0.2, -0.15) is 0 Å². The zero-order valence-corrected chi connectivity index (χ0v) is 9.06. The van der Waals surface area contributed by atoms with Crippen LogP contribution in [-0.2, 0) is 6.42 Å². The van der Waals surface area contributed by atoms with Crippen molar-refractivity contribution in [2.45, 2.75) is 31.6 Å². The van der Waals surface area contributed by atoms with Gasteiger partial charge in [0.1, 0.15) is 0 Å². The molecule has 1 aliphatic carbocycles. The van der Waals surface area contributed by atoms with Crippen LogP contribution in [0.5, 0.6) is 0 Å². The molecule has 1 nitrogen and oxygen atoms in total. The Morgan fingerprint density at radius 1 is 1.43 bits per heavy atom. The number of rotatable bonds is 2. The molecule has 1 atom stereocenters. The van der Waals surface area contributed by atoms with Gasteiger partial charge >= 0.3 is 0 Å². The molecular weight excluding hydrogens is 194 g/mol. The minimum absolute atomic E-state index is 0.595. The van der Waals surface area contributed by atoms with Gasteiger partial charge in [0.2, 0.25) is 0 Å². The number of hydrogen-bond acceptors (Lipinski definition) is 1. The molecule has 2 rings (SSSR count). The molecule has 76 valence electrons. The zero-order valence-electron chi connectivity index (χ0n) is 8.30. The van der Waals surface area contributed by atoms with Crippen molar-refractivity contribution in [3.63, 3.8) is 0 Å². The molecule has 0 fully saturated rings. The summed E-state index contributed by atoms with van der Waals surface area (Å²) < 4.78 is 0. The van der Waals surface area contributed by atoms with E-state index >= 15 is 0 Å². The maximum Gasteiger partial charge on any atom is 0.0443 e. The first kappa shape index (κ1) is 10.0. The molecule has 0 radical (unpaired) electrons. The molecule has 2 heteroatoms. The number of hydrogen-bond donors (Lipinski definition) is 1. The third kappa shape index (κ3) is 1.79. The van der Waals surface area contributed by atoms with Crippen molar-refractivity contribution >= 4 is 11.6 Å². The Balaban J connectivity index is 2.36. The van der Waals surface area contributed by atoms with Crippen LogP contribution in [0.1, 0.15) is 36.3 Å². The quantitative estimate of drug-likeness (QED) is 0.796. The van der Waals surface area contributed by atoms with Gasteiger partial charge in [-0.1, -0.05) is 23.7 Å². The highest BCUT2D eigenvalue weighted by Crippen LogP contribution is 2.37. The topological polar surface area (TPSA) is 26.0 Å². The summed E-state index contributed by atoms with van der Waals surface area (Å²) in [5, 5.41) is 0.931. The van der Waals surface area contributed by atoms with E-state index in [-0.39, 0.29) is 0 Å². The monoisotopic (exact) mass is 209 g/mol. The van der Waals surface area contributed by atoms with Crippen molar-refractivity contribution in [3.05, 3.63) is 34.3 Å². The Hall–Kier alpha value is -0.530. The number of aryl methyl sites for hydroxylation is 1. The highest BCUT2D eigenvalue weighted by atomic mass is 35.5. The minimum atomic E-state index is 0.595. The van der Waals surface area contributed by atoms with E-state index in [1.165, 1.54) is 30.4 Å². The second kappa shape index (κ2) is 4.33. The maximum absolute atomic E-state index is 6.23. The van der Waals surface area contributed by atoms with Crippen LogP contribution < -0.4 is 5.73 Å². The van der Waals surface area contributed by atoms with Crippen molar-refractivity contribution in [3.8, 4) is 0 Å². The summed E-state index contributed by atoms with van der Waals surface area (Å²) in [5.41, 5.74) is 8.42. The molecule has 14 heavy (non-hydrogen) atoms. The molecule has 0 saturated carbocycles. The Kier molecular flexibility index (Phi) is 3.09. The van der Waals surface area contributed by atoms with Crippen molar-refractivity contribution in [2.24, 2.45) is 5.73 Å². The molecule has 0 amide bonds. The lowest BCUT2D eigenvalue weighted by atomic mass is 9.81. The first-order valence-electron chi connectivity index (χ1n) is 5.30. The molecule has 0 aromatic heterocycles. The van der Waals surface area contributed by atoms with Crippen LogP contribution in [0, 0.1) is 0 Å². The zero-order chi connectivity index (χ0) is 9.97. The molecule has 1 aliphatic rings. The van der Waals surface area contributed by atoms with Gasteiger partial charge in [0.25, 0.3) is 0 Å². The fourth-order valence-corrected chi connectivity index (χ4v) is 2.78. The molecule has 0 spiro atoms. The molecule has 0 aliphatic heterocycles. The van der Waals surface area contributed by atoms with E-state index in [4.69, 9.17) is 17.3 Å². The van der Waals surface area contributed by atoms with Crippen molar-refractivity contribution in [1.29, 1.82) is 0 Å². The van der Waals surface area contributed by atoms with Gasteiger partial charge in [-0.3, -0.25) is 0 Å². The number of fused-ring (bicyclic) bond motifs is 1. The van der Waals surface area contributed by atoms with E-state index in [1.807, 2.05) is 12.1 Å². The van der Waals surface area contributed by atoms with Crippen LogP contribution in [-0.4, -0.2) is 6.54 Å². The standard InChI is InChI=1S/C12H16ClN/c13-11-6-2-5-9-3-1-4-10(7-8-14)12(9)11/h2,5-6,10H,1,3-4,7-8,14H2. The summed E-state index contributed by atoms with van der Waals surface area (Å²) in [5.74, 6) is 0.595. The smallest absolute Gasteiger partial charge is 0.0443 e. The van der Waals surface area contributed by atoms with E-state index in [2.05, 4.69) is 6.07 Å². The van der Waals surface area contributed by atoms with Crippen LogP contribution in [0.2, 0.25) is 5.02 Å². The predicted molar refractivity (Wildman–Crippen MR) is 60.8 cm³/mol. The Morgan fingerprint density at radius 2 is 2.29 bits per heavy atom. The van der Waals surface area contributed by atoms with E-state index < -0.39 is 0 Å². The molecule has 0 bridgehead atoms. The van der Waals surface area contributed by atoms with E-state index in [9.17, 15) is 0 Å². The molecular formula is C12H16ClN. The second-order valence-electron chi connectivity index (χ2n) is 3.98. The Morgan fingerprint density at radius 3 is 3.07 bits per heavy atom. The van der Waals surface area contributed by atoms with Gasteiger partial charge in [0.15, 0.2) is 0 Å². The third-order valence-corrected chi connectivity index (χ3v) is 3.39. The Labute approximate surface area is 90.3 Å². The molecule has 2 N–H and O–H groups in total. The summed E-state index contributed by atoms with van der Waals surface area (Å²) in [4.78, 5) is 0. The molecule has 1 aromatic rings. The van der Waals surface area contributed by atoms with E-state index in [0.29, 0.717) is 5.92 Å². The van der Waals surface area contributed by atoms with Gasteiger partial charge in [-0.25, -0.2) is 0 Å². The summed E-state index contributed by atoms with van der Waals surface area (Å²) in [7, 11) is 0. The van der Waals surface area contributed by atoms with Gasteiger partial charge in [-0.05, 0) is 55.3 Å². The number of halogens is 1. The van der Waals surface area contributed by atoms with Crippen LogP contribution in [0.3, 0.4) is 0 Å². The van der Waals surface area contributed by atoms with E-state index in [1.54, 1.807) is 0 Å². The molecule has 0 saturated heterocycles. The number of benzene rings is 1. The maximum atomic E-state index is 6.23. The summed E-state index contributed by atoms with van der Waals surface area (Å²) in [6.45, 7) is 0.759. The van der Waals surface area contributed by atoms with Crippen LogP contribution in [0.25, 0.3) is 0 Å². The lowest BCUT2D eigenvalue weighted by molar-refractivity contribution is 0.526. The SMILES string of the molecule is NCCC1CCCc2cccc(Cl)c21. The summed E-state index contributed by atoms with van der Waals surface area (Å²) in [6, 6.07) is 6.24. The van der Waals surface area contributed by atoms with Gasteiger partial charge in [-0.15, -0.1) is 0 Å². The first-order valence-corrected chi connectivity index (χ1v) is 5.68. The van der Waals surface area contributed by atoms with Crippen molar-refractivity contribution in [2.75, 3.05) is 6.54 Å². The van der Waals surface area contributed by atoms with Gasteiger partial charge in [0.05, 0.1) is 0 Å². The fourth-order valence-electron chi connectivity index (χ4n) is 2.43. The highest BCUT2D eigenvalue weighted by molar-refractivity contribution is 6.31. The van der Waals surface area contributed by atoms with Gasteiger partial charge in [0, 0.05) is 5.02 Å². The third-order valence-electron chi connectivity index (χ3n) is 3.07. The summed E-state index contributed by atoms with van der Waals surface area (Å²) in [6.07, 6.45) is 4.76. The largest absolute Gasteiger partial charge is 0.330 e. The molecule has 1 aromatic carbocycles. The fraction of sp³-hybridized carbons (Fsp3) is 0.500.